The summed E-state index contributed by atoms with van der Waals surface area (Å²) in [6.07, 6.45) is 1.89. The van der Waals surface area contributed by atoms with Gasteiger partial charge in [-0.25, -0.2) is 4.39 Å². The van der Waals surface area contributed by atoms with E-state index in [4.69, 9.17) is 9.26 Å². The van der Waals surface area contributed by atoms with Gasteiger partial charge in [-0.1, -0.05) is 29.4 Å². The van der Waals surface area contributed by atoms with Gasteiger partial charge in [0.25, 0.3) is 5.91 Å². The first kappa shape index (κ1) is 19.2. The Kier molecular flexibility index (Phi) is 5.34. The van der Waals surface area contributed by atoms with Crippen LogP contribution in [0.3, 0.4) is 0 Å². The Bertz CT molecular complexity index is 1010. The van der Waals surface area contributed by atoms with Crippen LogP contribution >= 0.6 is 0 Å². The van der Waals surface area contributed by atoms with E-state index >= 15 is 0 Å². The normalized spacial score (nSPS) is 13.3. The van der Waals surface area contributed by atoms with Gasteiger partial charge >= 0.3 is 0 Å². The second kappa shape index (κ2) is 8.07. The zero-order valence-electron chi connectivity index (χ0n) is 16.5. The minimum absolute atomic E-state index is 0.112. The van der Waals surface area contributed by atoms with Gasteiger partial charge in [0.15, 0.2) is 0 Å². The quantitative estimate of drug-likeness (QED) is 0.577. The van der Waals surface area contributed by atoms with Gasteiger partial charge in [-0.2, -0.15) is 0 Å². The largest absolute Gasteiger partial charge is 0.489 e. The van der Waals surface area contributed by atoms with Crippen molar-refractivity contribution in [3.8, 4) is 5.75 Å². The smallest absolute Gasteiger partial charge is 0.254 e. The number of carbonyl (C=O) groups is 1. The molecular weight excluding hydrogens is 371 g/mol. The third-order valence-corrected chi connectivity index (χ3v) is 5.19. The van der Waals surface area contributed by atoms with Crippen LogP contribution in [0.2, 0.25) is 0 Å². The molecule has 6 heteroatoms. The minimum atomic E-state index is -0.289. The third kappa shape index (κ3) is 4.31. The molecule has 4 rings (SSSR count). The van der Waals surface area contributed by atoms with E-state index in [0.717, 1.165) is 29.9 Å². The van der Waals surface area contributed by atoms with Gasteiger partial charge in [0, 0.05) is 23.7 Å². The SMILES string of the molecule is Cc1noc(C)c1COc1cccc(C(=O)N(Cc2ccccc2F)C2CC2)c1. The number of benzene rings is 2. The van der Waals surface area contributed by atoms with Gasteiger partial charge in [-0.05, 0) is 51.0 Å². The molecule has 2 aromatic carbocycles. The summed E-state index contributed by atoms with van der Waals surface area (Å²) in [5.41, 5.74) is 2.75. The summed E-state index contributed by atoms with van der Waals surface area (Å²) in [7, 11) is 0. The molecule has 0 radical (unpaired) electrons. The average molecular weight is 394 g/mol. The lowest BCUT2D eigenvalue weighted by Gasteiger charge is -2.23. The number of rotatable bonds is 7. The van der Waals surface area contributed by atoms with Gasteiger partial charge in [-0.3, -0.25) is 4.79 Å². The molecule has 0 bridgehead atoms. The Morgan fingerprint density at radius 1 is 1.21 bits per heavy atom. The van der Waals surface area contributed by atoms with Crippen LogP contribution in [-0.4, -0.2) is 22.0 Å². The standard InChI is InChI=1S/C23H23FN2O3/c1-15-21(16(2)29-25-15)14-28-20-8-5-7-17(12-20)23(27)26(19-10-11-19)13-18-6-3-4-9-22(18)24/h3-9,12,19H,10-11,13-14H2,1-2H3. The number of hydrogen-bond donors (Lipinski definition) is 0. The molecular formula is C23H23FN2O3. The fourth-order valence-corrected chi connectivity index (χ4v) is 3.31. The lowest BCUT2D eigenvalue weighted by Crippen LogP contribution is -2.32. The fourth-order valence-electron chi connectivity index (χ4n) is 3.31. The van der Waals surface area contributed by atoms with Crippen LogP contribution < -0.4 is 4.74 Å². The molecule has 29 heavy (non-hydrogen) atoms. The topological polar surface area (TPSA) is 55.6 Å². The molecule has 1 heterocycles. The fraction of sp³-hybridized carbons (Fsp3) is 0.304. The third-order valence-electron chi connectivity index (χ3n) is 5.19. The summed E-state index contributed by atoms with van der Waals surface area (Å²) in [5.74, 6) is 0.915. The van der Waals surface area contributed by atoms with E-state index in [1.54, 1.807) is 41.3 Å². The molecule has 1 saturated carbocycles. The van der Waals surface area contributed by atoms with Crippen LogP contribution in [0.4, 0.5) is 4.39 Å². The monoisotopic (exact) mass is 394 g/mol. The second-order valence-corrected chi connectivity index (χ2v) is 7.37. The van der Waals surface area contributed by atoms with Crippen molar-refractivity contribution in [2.75, 3.05) is 0 Å². The molecule has 3 aromatic rings. The summed E-state index contributed by atoms with van der Waals surface area (Å²) >= 11 is 0. The maximum Gasteiger partial charge on any atom is 0.254 e. The maximum atomic E-state index is 14.1. The first-order valence-corrected chi connectivity index (χ1v) is 9.72. The number of amides is 1. The number of ether oxygens (including phenoxy) is 1. The van der Waals surface area contributed by atoms with Crippen molar-refractivity contribution >= 4 is 5.91 Å². The number of nitrogens with zero attached hydrogens (tertiary/aromatic N) is 2. The molecule has 1 aliphatic rings. The van der Waals surface area contributed by atoms with Crippen LogP contribution in [-0.2, 0) is 13.2 Å². The first-order chi connectivity index (χ1) is 14.0. The second-order valence-electron chi connectivity index (χ2n) is 7.37. The molecule has 0 N–H and O–H groups in total. The van der Waals surface area contributed by atoms with Gasteiger partial charge < -0.3 is 14.2 Å². The molecule has 1 amide bonds. The molecule has 0 saturated heterocycles. The van der Waals surface area contributed by atoms with Crippen molar-refractivity contribution in [1.82, 2.24) is 10.1 Å². The molecule has 0 spiro atoms. The summed E-state index contributed by atoms with van der Waals surface area (Å²) in [5, 5.41) is 3.92. The van der Waals surface area contributed by atoms with Crippen LogP contribution in [0.25, 0.3) is 0 Å². The highest BCUT2D eigenvalue weighted by molar-refractivity contribution is 5.95. The van der Waals surface area contributed by atoms with Crippen molar-refractivity contribution in [3.05, 3.63) is 82.5 Å². The Morgan fingerprint density at radius 3 is 2.69 bits per heavy atom. The molecule has 0 aliphatic heterocycles. The summed E-state index contributed by atoms with van der Waals surface area (Å²) < 4.78 is 25.1. The Labute approximate surface area is 169 Å². The van der Waals surface area contributed by atoms with Gasteiger partial charge in [0.2, 0.25) is 0 Å². The van der Waals surface area contributed by atoms with E-state index in [0.29, 0.717) is 23.5 Å². The number of aryl methyl sites for hydroxylation is 2. The van der Waals surface area contributed by atoms with Crippen LogP contribution in [0.5, 0.6) is 5.75 Å². The number of aromatic nitrogens is 1. The van der Waals surface area contributed by atoms with Crippen molar-refractivity contribution in [3.63, 3.8) is 0 Å². The van der Waals surface area contributed by atoms with Gasteiger partial charge in [0.1, 0.15) is 23.9 Å². The highest BCUT2D eigenvalue weighted by atomic mass is 19.1. The lowest BCUT2D eigenvalue weighted by atomic mass is 10.1. The van der Waals surface area contributed by atoms with Gasteiger partial charge in [-0.15, -0.1) is 0 Å². The predicted octanol–water partition coefficient (Wildman–Crippen LogP) is 4.81. The summed E-state index contributed by atoms with van der Waals surface area (Å²) in [4.78, 5) is 14.9. The number of hydrogen-bond acceptors (Lipinski definition) is 4. The molecule has 1 aromatic heterocycles. The average Bonchev–Trinajstić information content (AvgIpc) is 3.51. The zero-order valence-corrected chi connectivity index (χ0v) is 16.5. The maximum absolute atomic E-state index is 14.1. The number of halogens is 1. The zero-order chi connectivity index (χ0) is 20.4. The van der Waals surface area contributed by atoms with E-state index < -0.39 is 0 Å². The van der Waals surface area contributed by atoms with E-state index in [9.17, 15) is 9.18 Å². The van der Waals surface area contributed by atoms with Crippen LogP contribution in [0, 0.1) is 19.7 Å². The summed E-state index contributed by atoms with van der Waals surface area (Å²) in [6, 6.07) is 13.9. The van der Waals surface area contributed by atoms with E-state index in [1.807, 2.05) is 19.9 Å². The summed E-state index contributed by atoms with van der Waals surface area (Å²) in [6.45, 7) is 4.29. The highest BCUT2D eigenvalue weighted by Gasteiger charge is 2.33. The molecule has 1 fully saturated rings. The van der Waals surface area contributed by atoms with Crippen molar-refractivity contribution < 1.29 is 18.4 Å². The predicted molar refractivity (Wildman–Crippen MR) is 106 cm³/mol. The van der Waals surface area contributed by atoms with Gasteiger partial charge in [0.05, 0.1) is 11.3 Å². The molecule has 0 unspecified atom stereocenters. The van der Waals surface area contributed by atoms with Crippen molar-refractivity contribution in [1.29, 1.82) is 0 Å². The van der Waals surface area contributed by atoms with E-state index in [-0.39, 0.29) is 24.3 Å². The van der Waals surface area contributed by atoms with Crippen molar-refractivity contribution in [2.45, 2.75) is 45.9 Å². The first-order valence-electron chi connectivity index (χ1n) is 9.72. The van der Waals surface area contributed by atoms with Crippen LogP contribution in [0.1, 0.15) is 45.8 Å². The van der Waals surface area contributed by atoms with Crippen molar-refractivity contribution in [2.24, 2.45) is 0 Å². The highest BCUT2D eigenvalue weighted by Crippen LogP contribution is 2.31. The van der Waals surface area contributed by atoms with E-state index in [1.165, 1.54) is 6.07 Å². The number of carbonyl (C=O) groups excluding carboxylic acids is 1. The van der Waals surface area contributed by atoms with E-state index in [2.05, 4.69) is 5.16 Å². The molecule has 0 atom stereocenters. The minimum Gasteiger partial charge on any atom is -0.489 e. The molecule has 1 aliphatic carbocycles. The lowest BCUT2D eigenvalue weighted by molar-refractivity contribution is 0.0727. The molecule has 150 valence electrons. The Balaban J connectivity index is 1.50. The van der Waals surface area contributed by atoms with Crippen LogP contribution in [0.15, 0.2) is 53.1 Å². The Hall–Kier alpha value is -3.15. The molecule has 5 nitrogen and oxygen atoms in total. The Morgan fingerprint density at radius 2 is 2.00 bits per heavy atom.